The molecule has 0 aliphatic heterocycles. The van der Waals surface area contributed by atoms with Crippen LogP contribution in [0.5, 0.6) is 0 Å². The summed E-state index contributed by atoms with van der Waals surface area (Å²) in [6.45, 7) is 0. The van der Waals surface area contributed by atoms with Crippen LogP contribution >= 0.6 is 0 Å². The van der Waals surface area contributed by atoms with Crippen LogP contribution in [0.15, 0.2) is 42.5 Å². The van der Waals surface area contributed by atoms with Crippen LogP contribution in [0.1, 0.15) is 12.0 Å². The topological polar surface area (TPSA) is 74.6 Å². The lowest BCUT2D eigenvalue weighted by Gasteiger charge is -2.07. The smallest absolute Gasteiger partial charge is 0.310 e. The Morgan fingerprint density at radius 2 is 1.82 bits per heavy atom. The molecule has 0 amide bonds. The monoisotopic (exact) mass is 234 g/mol. The highest BCUT2D eigenvalue weighted by atomic mass is 16.4. The Morgan fingerprint density at radius 3 is 2.35 bits per heavy atom. The molecule has 0 saturated carbocycles. The molecule has 4 nitrogen and oxygen atoms in total. The van der Waals surface area contributed by atoms with E-state index in [-0.39, 0.29) is 6.42 Å². The van der Waals surface area contributed by atoms with Gasteiger partial charge in [0.25, 0.3) is 0 Å². The quantitative estimate of drug-likeness (QED) is 0.738. The maximum Gasteiger partial charge on any atom is 0.310 e. The van der Waals surface area contributed by atoms with Crippen molar-refractivity contribution in [1.29, 1.82) is 0 Å². The van der Waals surface area contributed by atoms with Crippen LogP contribution in [0.25, 0.3) is 0 Å². The zero-order chi connectivity index (χ0) is 12.7. The van der Waals surface area contributed by atoms with Crippen LogP contribution < -0.4 is 0 Å². The van der Waals surface area contributed by atoms with E-state index in [1.807, 2.05) is 30.3 Å². The van der Waals surface area contributed by atoms with E-state index < -0.39 is 17.9 Å². The summed E-state index contributed by atoms with van der Waals surface area (Å²) in [5.41, 5.74) is 0.917. The molecule has 0 radical (unpaired) electrons. The van der Waals surface area contributed by atoms with Crippen molar-refractivity contribution in [2.24, 2.45) is 5.92 Å². The van der Waals surface area contributed by atoms with Crippen molar-refractivity contribution in [3.05, 3.63) is 48.0 Å². The second kappa shape index (κ2) is 6.48. The summed E-state index contributed by atoms with van der Waals surface area (Å²) in [6, 6.07) is 9.24. The van der Waals surface area contributed by atoms with Crippen molar-refractivity contribution in [2.75, 3.05) is 0 Å². The molecule has 2 N–H and O–H groups in total. The molecule has 1 unspecified atom stereocenters. The molecule has 0 heterocycles. The summed E-state index contributed by atoms with van der Waals surface area (Å²) < 4.78 is 0. The summed E-state index contributed by atoms with van der Waals surface area (Å²) in [7, 11) is 0. The highest BCUT2D eigenvalue weighted by Crippen LogP contribution is 2.10. The predicted octanol–water partition coefficient (Wildman–Crippen LogP) is 1.96. The first-order chi connectivity index (χ1) is 8.09. The van der Waals surface area contributed by atoms with Crippen LogP contribution in [-0.2, 0) is 16.0 Å². The van der Waals surface area contributed by atoms with E-state index in [9.17, 15) is 9.59 Å². The van der Waals surface area contributed by atoms with Gasteiger partial charge in [-0.25, -0.2) is 0 Å². The molecule has 0 aliphatic carbocycles. The van der Waals surface area contributed by atoms with Gasteiger partial charge >= 0.3 is 11.9 Å². The first-order valence-corrected chi connectivity index (χ1v) is 5.25. The van der Waals surface area contributed by atoms with Crippen molar-refractivity contribution in [2.45, 2.75) is 12.8 Å². The van der Waals surface area contributed by atoms with Crippen molar-refractivity contribution in [1.82, 2.24) is 0 Å². The Balaban J connectivity index is 2.64. The lowest BCUT2D eigenvalue weighted by atomic mass is 9.99. The fraction of sp³-hybridized carbons (Fsp3) is 0.231. The number of rotatable bonds is 6. The van der Waals surface area contributed by atoms with Crippen LogP contribution in [0.3, 0.4) is 0 Å². The molecule has 90 valence electrons. The third-order valence-corrected chi connectivity index (χ3v) is 2.28. The third kappa shape index (κ3) is 4.97. The van der Waals surface area contributed by atoms with Crippen molar-refractivity contribution in [3.63, 3.8) is 0 Å². The highest BCUT2D eigenvalue weighted by Gasteiger charge is 2.14. The summed E-state index contributed by atoms with van der Waals surface area (Å²) in [4.78, 5) is 21.3. The molecule has 1 rings (SSSR count). The number of hydrogen-bond acceptors (Lipinski definition) is 2. The Kier molecular flexibility index (Phi) is 4.94. The molecule has 1 atom stereocenters. The number of carboxylic acid groups (broad SMARTS) is 2. The van der Waals surface area contributed by atoms with E-state index in [1.165, 1.54) is 12.2 Å². The van der Waals surface area contributed by atoms with E-state index >= 15 is 0 Å². The summed E-state index contributed by atoms with van der Waals surface area (Å²) in [5.74, 6) is -2.60. The van der Waals surface area contributed by atoms with E-state index in [0.29, 0.717) is 6.42 Å². The number of carboxylic acids is 2. The normalized spacial score (nSPS) is 12.5. The predicted molar refractivity (Wildman–Crippen MR) is 62.7 cm³/mol. The van der Waals surface area contributed by atoms with Gasteiger partial charge in [-0.15, -0.1) is 0 Å². The van der Waals surface area contributed by atoms with Gasteiger partial charge in [-0.2, -0.15) is 0 Å². The molecular formula is C13H14O4. The van der Waals surface area contributed by atoms with Crippen LogP contribution in [0.4, 0.5) is 0 Å². The lowest BCUT2D eigenvalue weighted by Crippen LogP contribution is -2.14. The number of aliphatic carboxylic acids is 2. The van der Waals surface area contributed by atoms with Gasteiger partial charge < -0.3 is 10.2 Å². The van der Waals surface area contributed by atoms with Crippen LogP contribution in [0, 0.1) is 5.92 Å². The summed E-state index contributed by atoms with van der Waals surface area (Å²) >= 11 is 0. The minimum atomic E-state index is -0.968. The Bertz CT molecular complexity index is 409. The van der Waals surface area contributed by atoms with E-state index in [0.717, 1.165) is 5.56 Å². The van der Waals surface area contributed by atoms with Gasteiger partial charge in [-0.05, 0) is 12.0 Å². The molecule has 0 spiro atoms. The SMILES string of the molecule is O=C(O)C/C=C/C(Cc1ccccc1)C(=O)O. The van der Waals surface area contributed by atoms with Gasteiger partial charge in [0.15, 0.2) is 0 Å². The molecule has 17 heavy (non-hydrogen) atoms. The molecular weight excluding hydrogens is 220 g/mol. The van der Waals surface area contributed by atoms with Gasteiger partial charge in [0.1, 0.15) is 0 Å². The fourth-order valence-corrected chi connectivity index (χ4v) is 1.44. The van der Waals surface area contributed by atoms with Gasteiger partial charge in [0.05, 0.1) is 12.3 Å². The van der Waals surface area contributed by atoms with Crippen molar-refractivity contribution in [3.8, 4) is 0 Å². The second-order valence-electron chi connectivity index (χ2n) is 3.66. The van der Waals surface area contributed by atoms with Crippen molar-refractivity contribution < 1.29 is 19.8 Å². The Hall–Kier alpha value is -2.10. The fourth-order valence-electron chi connectivity index (χ4n) is 1.44. The maximum absolute atomic E-state index is 11.0. The zero-order valence-electron chi connectivity index (χ0n) is 9.24. The Labute approximate surface area is 99.2 Å². The van der Waals surface area contributed by atoms with E-state index in [2.05, 4.69) is 0 Å². The molecule has 4 heteroatoms. The average molecular weight is 234 g/mol. The molecule has 1 aromatic rings. The lowest BCUT2D eigenvalue weighted by molar-refractivity contribution is -0.140. The number of carbonyl (C=O) groups is 2. The minimum absolute atomic E-state index is 0.154. The average Bonchev–Trinajstić information content (AvgIpc) is 2.28. The van der Waals surface area contributed by atoms with Crippen molar-refractivity contribution >= 4 is 11.9 Å². The van der Waals surface area contributed by atoms with E-state index in [4.69, 9.17) is 10.2 Å². The Morgan fingerprint density at radius 1 is 1.18 bits per heavy atom. The van der Waals surface area contributed by atoms with Gasteiger partial charge in [0, 0.05) is 0 Å². The standard InChI is InChI=1S/C13H14O4/c14-12(15)8-4-7-11(13(16)17)9-10-5-2-1-3-6-10/h1-7,11H,8-9H2,(H,14,15)(H,16,17)/b7-4+. The van der Waals surface area contributed by atoms with Gasteiger partial charge in [-0.1, -0.05) is 42.5 Å². The molecule has 0 aliphatic rings. The van der Waals surface area contributed by atoms with Crippen LogP contribution in [-0.4, -0.2) is 22.2 Å². The molecule has 1 aromatic carbocycles. The maximum atomic E-state index is 11.0. The minimum Gasteiger partial charge on any atom is -0.481 e. The first-order valence-electron chi connectivity index (χ1n) is 5.25. The molecule has 0 bridgehead atoms. The van der Waals surface area contributed by atoms with Crippen LogP contribution in [0.2, 0.25) is 0 Å². The third-order valence-electron chi connectivity index (χ3n) is 2.28. The summed E-state index contributed by atoms with van der Waals surface area (Å²) in [6.07, 6.45) is 3.03. The van der Waals surface area contributed by atoms with E-state index in [1.54, 1.807) is 0 Å². The summed E-state index contributed by atoms with van der Waals surface area (Å²) in [5, 5.41) is 17.5. The largest absolute Gasteiger partial charge is 0.481 e. The molecule has 0 saturated heterocycles. The number of benzene rings is 1. The highest BCUT2D eigenvalue weighted by molar-refractivity contribution is 5.73. The number of hydrogen-bond donors (Lipinski definition) is 2. The van der Waals surface area contributed by atoms with Gasteiger partial charge in [-0.3, -0.25) is 9.59 Å². The zero-order valence-corrected chi connectivity index (χ0v) is 9.24. The molecule has 0 fully saturated rings. The van der Waals surface area contributed by atoms with Gasteiger partial charge in [0.2, 0.25) is 0 Å². The second-order valence-corrected chi connectivity index (χ2v) is 3.66. The first kappa shape index (κ1) is 13.0. The molecule has 0 aromatic heterocycles.